The number of ether oxygens (including phenoxy) is 1. The third kappa shape index (κ3) is 0.868. The molecular formula is C7H8N4O. The maximum absolute atomic E-state index is 7.19. The fourth-order valence-electron chi connectivity index (χ4n) is 1.13. The first-order valence-electron chi connectivity index (χ1n) is 3.48. The second kappa shape index (κ2) is 2.37. The molecular weight excluding hydrogens is 156 g/mol. The van der Waals surface area contributed by atoms with Crippen LogP contribution in [-0.2, 0) is 11.3 Å². The fraction of sp³-hybridized carbons (Fsp3) is 0.143. The molecule has 2 heterocycles. The van der Waals surface area contributed by atoms with Gasteiger partial charge < -0.3 is 10.5 Å². The van der Waals surface area contributed by atoms with Gasteiger partial charge in [0.05, 0.1) is 18.2 Å². The molecule has 1 aromatic rings. The lowest BCUT2D eigenvalue weighted by atomic mass is 10.2. The van der Waals surface area contributed by atoms with Gasteiger partial charge in [0.2, 0.25) is 5.96 Å². The smallest absolute Gasteiger partial charge is 0.214 e. The van der Waals surface area contributed by atoms with E-state index in [2.05, 4.69) is 5.10 Å². The van der Waals surface area contributed by atoms with Crippen molar-refractivity contribution in [1.82, 2.24) is 9.78 Å². The third-order valence-corrected chi connectivity index (χ3v) is 1.69. The van der Waals surface area contributed by atoms with Gasteiger partial charge in [0.15, 0.2) is 0 Å². The fourth-order valence-corrected chi connectivity index (χ4v) is 1.13. The van der Waals surface area contributed by atoms with E-state index in [1.165, 1.54) is 4.68 Å². The summed E-state index contributed by atoms with van der Waals surface area (Å²) in [6, 6.07) is 0. The molecule has 0 amide bonds. The lowest BCUT2D eigenvalue weighted by molar-refractivity contribution is 0.228. The maximum Gasteiger partial charge on any atom is 0.214 e. The van der Waals surface area contributed by atoms with E-state index in [-0.39, 0.29) is 5.96 Å². The molecule has 5 heteroatoms. The van der Waals surface area contributed by atoms with Gasteiger partial charge in [0, 0.05) is 5.56 Å². The normalized spacial score (nSPS) is 13.7. The first kappa shape index (κ1) is 6.90. The average molecular weight is 164 g/mol. The van der Waals surface area contributed by atoms with Crippen LogP contribution in [0.1, 0.15) is 11.3 Å². The number of hydrogen-bond donors (Lipinski definition) is 2. The zero-order valence-corrected chi connectivity index (χ0v) is 6.32. The molecule has 0 bridgehead atoms. The SMILES string of the molecule is N=C(N)n1ncc2c1COC=C2. The summed E-state index contributed by atoms with van der Waals surface area (Å²) in [6.45, 7) is 0.422. The van der Waals surface area contributed by atoms with E-state index < -0.39 is 0 Å². The van der Waals surface area contributed by atoms with E-state index in [4.69, 9.17) is 15.9 Å². The number of aromatic nitrogens is 2. The average Bonchev–Trinajstić information content (AvgIpc) is 2.47. The molecule has 1 aliphatic rings. The molecule has 0 saturated heterocycles. The number of nitrogens with zero attached hydrogens (tertiary/aromatic N) is 2. The first-order valence-corrected chi connectivity index (χ1v) is 3.48. The number of rotatable bonds is 0. The van der Waals surface area contributed by atoms with Gasteiger partial charge >= 0.3 is 0 Å². The van der Waals surface area contributed by atoms with Crippen LogP contribution in [-0.4, -0.2) is 15.7 Å². The molecule has 0 spiro atoms. The Morgan fingerprint density at radius 3 is 3.33 bits per heavy atom. The monoisotopic (exact) mass is 164 g/mol. The summed E-state index contributed by atoms with van der Waals surface area (Å²) in [6.07, 6.45) is 5.06. The van der Waals surface area contributed by atoms with Gasteiger partial charge in [-0.15, -0.1) is 0 Å². The molecule has 0 radical (unpaired) electrons. The molecule has 5 nitrogen and oxygen atoms in total. The largest absolute Gasteiger partial charge is 0.495 e. The Hall–Kier alpha value is -1.78. The summed E-state index contributed by atoms with van der Waals surface area (Å²) in [5, 5.41) is 11.1. The number of nitrogens with two attached hydrogens (primary N) is 1. The van der Waals surface area contributed by atoms with Crippen molar-refractivity contribution in [3.8, 4) is 0 Å². The number of fused-ring (bicyclic) bond motifs is 1. The lowest BCUT2D eigenvalue weighted by Crippen LogP contribution is -2.24. The molecule has 0 fully saturated rings. The van der Waals surface area contributed by atoms with E-state index in [1.807, 2.05) is 0 Å². The van der Waals surface area contributed by atoms with Crippen molar-refractivity contribution in [1.29, 1.82) is 5.41 Å². The van der Waals surface area contributed by atoms with Crippen molar-refractivity contribution in [2.45, 2.75) is 6.61 Å². The minimum absolute atomic E-state index is 0.0878. The summed E-state index contributed by atoms with van der Waals surface area (Å²) in [5.74, 6) is -0.0878. The Kier molecular flexibility index (Phi) is 1.36. The maximum atomic E-state index is 7.19. The third-order valence-electron chi connectivity index (χ3n) is 1.69. The van der Waals surface area contributed by atoms with E-state index in [1.54, 1.807) is 18.5 Å². The standard InChI is InChI=1S/C7H8N4O/c8-7(9)11-6-4-12-2-1-5(6)3-10-11/h1-3H,4H2,(H3,8,9). The van der Waals surface area contributed by atoms with Crippen LogP contribution in [0.4, 0.5) is 0 Å². The van der Waals surface area contributed by atoms with Crippen LogP contribution in [0, 0.1) is 5.41 Å². The highest BCUT2D eigenvalue weighted by atomic mass is 16.5. The molecule has 0 aromatic carbocycles. The molecule has 1 aliphatic heterocycles. The minimum atomic E-state index is -0.0878. The predicted octanol–water partition coefficient (Wildman–Crippen LogP) is 0.126. The topological polar surface area (TPSA) is 76.9 Å². The number of hydrogen-bond acceptors (Lipinski definition) is 3. The van der Waals surface area contributed by atoms with Gasteiger partial charge in [-0.25, -0.2) is 4.68 Å². The predicted molar refractivity (Wildman–Crippen MR) is 43.4 cm³/mol. The summed E-state index contributed by atoms with van der Waals surface area (Å²) < 4.78 is 6.41. The molecule has 12 heavy (non-hydrogen) atoms. The lowest BCUT2D eigenvalue weighted by Gasteiger charge is -2.09. The van der Waals surface area contributed by atoms with Crippen LogP contribution >= 0.6 is 0 Å². The summed E-state index contributed by atoms with van der Waals surface area (Å²) in [4.78, 5) is 0. The zero-order chi connectivity index (χ0) is 8.55. The summed E-state index contributed by atoms with van der Waals surface area (Å²) in [5.41, 5.74) is 7.07. The highest BCUT2D eigenvalue weighted by Gasteiger charge is 2.13. The molecule has 62 valence electrons. The van der Waals surface area contributed by atoms with Gasteiger partial charge in [-0.3, -0.25) is 5.41 Å². The van der Waals surface area contributed by atoms with E-state index in [9.17, 15) is 0 Å². The first-order chi connectivity index (χ1) is 5.79. The zero-order valence-electron chi connectivity index (χ0n) is 6.32. The van der Waals surface area contributed by atoms with Crippen molar-refractivity contribution in [3.63, 3.8) is 0 Å². The second-order valence-electron chi connectivity index (χ2n) is 2.46. The van der Waals surface area contributed by atoms with E-state index in [0.29, 0.717) is 6.61 Å². The quantitative estimate of drug-likeness (QED) is 0.422. The van der Waals surface area contributed by atoms with E-state index in [0.717, 1.165) is 11.3 Å². The van der Waals surface area contributed by atoms with Crippen molar-refractivity contribution < 1.29 is 4.74 Å². The Labute approximate surface area is 68.9 Å². The van der Waals surface area contributed by atoms with Gasteiger partial charge in [-0.2, -0.15) is 5.10 Å². The molecule has 0 aliphatic carbocycles. The van der Waals surface area contributed by atoms with Crippen LogP contribution in [0.25, 0.3) is 6.08 Å². The summed E-state index contributed by atoms with van der Waals surface area (Å²) in [7, 11) is 0. The molecule has 0 atom stereocenters. The highest BCUT2D eigenvalue weighted by Crippen LogP contribution is 2.15. The van der Waals surface area contributed by atoms with Crippen LogP contribution < -0.4 is 5.73 Å². The van der Waals surface area contributed by atoms with Gasteiger partial charge in [-0.1, -0.05) is 0 Å². The minimum Gasteiger partial charge on any atom is -0.495 e. The molecule has 2 rings (SSSR count). The number of nitrogens with one attached hydrogen (secondary N) is 1. The van der Waals surface area contributed by atoms with Crippen LogP contribution in [0.2, 0.25) is 0 Å². The Morgan fingerprint density at radius 2 is 2.58 bits per heavy atom. The Balaban J connectivity index is 2.53. The molecule has 3 N–H and O–H groups in total. The van der Waals surface area contributed by atoms with Gasteiger partial charge in [0.1, 0.15) is 6.61 Å². The molecule has 1 aromatic heterocycles. The van der Waals surface area contributed by atoms with Crippen molar-refractivity contribution in [2.75, 3.05) is 0 Å². The molecule has 0 unspecified atom stereocenters. The molecule has 0 saturated carbocycles. The summed E-state index contributed by atoms with van der Waals surface area (Å²) >= 11 is 0. The second-order valence-corrected chi connectivity index (χ2v) is 2.46. The number of nitrogen functional groups attached to an aromatic ring is 1. The van der Waals surface area contributed by atoms with E-state index >= 15 is 0 Å². The van der Waals surface area contributed by atoms with Crippen LogP contribution in [0.5, 0.6) is 0 Å². The van der Waals surface area contributed by atoms with Crippen LogP contribution in [0.3, 0.4) is 0 Å². The Morgan fingerprint density at radius 1 is 1.75 bits per heavy atom. The van der Waals surface area contributed by atoms with Gasteiger partial charge in [-0.05, 0) is 6.08 Å². The Bertz CT molecular complexity index is 352. The van der Waals surface area contributed by atoms with Crippen molar-refractivity contribution in [2.24, 2.45) is 5.73 Å². The van der Waals surface area contributed by atoms with Crippen molar-refractivity contribution in [3.05, 3.63) is 23.7 Å². The van der Waals surface area contributed by atoms with Gasteiger partial charge in [0.25, 0.3) is 0 Å². The van der Waals surface area contributed by atoms with Crippen LogP contribution in [0.15, 0.2) is 12.5 Å². The van der Waals surface area contributed by atoms with Crippen molar-refractivity contribution >= 4 is 12.0 Å². The highest BCUT2D eigenvalue weighted by molar-refractivity contribution is 5.78.